The van der Waals surface area contributed by atoms with Gasteiger partial charge in [-0.1, -0.05) is 36.8 Å². The number of benzene rings is 2. The third-order valence-electron chi connectivity index (χ3n) is 3.46. The van der Waals surface area contributed by atoms with Crippen molar-refractivity contribution < 1.29 is 9.53 Å². The summed E-state index contributed by atoms with van der Waals surface area (Å²) in [6.07, 6.45) is 0.926. The second-order valence-corrected chi connectivity index (χ2v) is 6.88. The van der Waals surface area contributed by atoms with Crippen LogP contribution in [0, 0.1) is 6.92 Å². The van der Waals surface area contributed by atoms with E-state index in [2.05, 4.69) is 26.6 Å². The van der Waals surface area contributed by atoms with Crippen LogP contribution >= 0.6 is 28.1 Å². The number of aryl methyl sites for hydroxylation is 1. The van der Waals surface area contributed by atoms with Crippen LogP contribution < -0.4 is 15.4 Å². The number of halogens is 1. The van der Waals surface area contributed by atoms with E-state index in [-0.39, 0.29) is 5.91 Å². The SMILES string of the molecule is CCCOc1ccc(C(=O)NC(=S)NCc2ccc(C)cc2)cc1Br. The summed E-state index contributed by atoms with van der Waals surface area (Å²) in [5.74, 6) is 0.461. The van der Waals surface area contributed by atoms with E-state index in [1.165, 1.54) is 5.56 Å². The number of thiocarbonyl (C=S) groups is 1. The molecule has 0 aliphatic heterocycles. The Hall–Kier alpha value is -1.92. The first-order valence-electron chi connectivity index (χ1n) is 8.06. The quantitative estimate of drug-likeness (QED) is 0.681. The van der Waals surface area contributed by atoms with Crippen molar-refractivity contribution in [3.05, 3.63) is 63.6 Å². The Morgan fingerprint density at radius 3 is 2.56 bits per heavy atom. The number of ether oxygens (including phenoxy) is 1. The smallest absolute Gasteiger partial charge is 0.257 e. The molecule has 2 aromatic rings. The van der Waals surface area contributed by atoms with E-state index in [9.17, 15) is 4.79 Å². The van der Waals surface area contributed by atoms with Crippen LogP contribution in [-0.2, 0) is 6.54 Å². The van der Waals surface area contributed by atoms with Crippen LogP contribution in [0.25, 0.3) is 0 Å². The highest BCUT2D eigenvalue weighted by Crippen LogP contribution is 2.26. The molecule has 25 heavy (non-hydrogen) atoms. The zero-order valence-electron chi connectivity index (χ0n) is 14.3. The average molecular weight is 421 g/mol. The topological polar surface area (TPSA) is 50.4 Å². The Morgan fingerprint density at radius 1 is 1.20 bits per heavy atom. The van der Waals surface area contributed by atoms with Crippen LogP contribution in [-0.4, -0.2) is 17.6 Å². The highest BCUT2D eigenvalue weighted by atomic mass is 79.9. The summed E-state index contributed by atoms with van der Waals surface area (Å²) in [5, 5.41) is 6.02. The zero-order chi connectivity index (χ0) is 18.2. The number of rotatable bonds is 6. The van der Waals surface area contributed by atoms with Crippen LogP contribution in [0.15, 0.2) is 46.9 Å². The minimum atomic E-state index is -0.260. The predicted octanol–water partition coefficient (Wildman–Crippen LogP) is 4.35. The molecule has 132 valence electrons. The molecule has 2 N–H and O–H groups in total. The maximum Gasteiger partial charge on any atom is 0.257 e. The molecule has 0 saturated heterocycles. The molecule has 0 bridgehead atoms. The fourth-order valence-electron chi connectivity index (χ4n) is 2.08. The van der Waals surface area contributed by atoms with E-state index in [4.69, 9.17) is 17.0 Å². The van der Waals surface area contributed by atoms with Crippen molar-refractivity contribution in [2.24, 2.45) is 0 Å². The van der Waals surface area contributed by atoms with Crippen molar-refractivity contribution in [3.63, 3.8) is 0 Å². The molecule has 0 aromatic heterocycles. The molecule has 1 amide bonds. The Labute approximate surface area is 162 Å². The van der Waals surface area contributed by atoms with Gasteiger partial charge in [-0.15, -0.1) is 0 Å². The van der Waals surface area contributed by atoms with Crippen molar-refractivity contribution in [1.29, 1.82) is 0 Å². The third kappa shape index (κ3) is 6.14. The molecule has 6 heteroatoms. The largest absolute Gasteiger partial charge is 0.492 e. The monoisotopic (exact) mass is 420 g/mol. The van der Waals surface area contributed by atoms with Crippen molar-refractivity contribution in [3.8, 4) is 5.75 Å². The van der Waals surface area contributed by atoms with Crippen LogP contribution in [0.3, 0.4) is 0 Å². The lowest BCUT2D eigenvalue weighted by Gasteiger charge is -2.11. The van der Waals surface area contributed by atoms with Gasteiger partial charge < -0.3 is 10.1 Å². The highest BCUT2D eigenvalue weighted by Gasteiger charge is 2.10. The number of carbonyl (C=O) groups excluding carboxylic acids is 1. The van der Waals surface area contributed by atoms with E-state index in [1.54, 1.807) is 18.2 Å². The van der Waals surface area contributed by atoms with Gasteiger partial charge in [0, 0.05) is 12.1 Å². The molecule has 0 aliphatic carbocycles. The maximum absolute atomic E-state index is 12.3. The van der Waals surface area contributed by atoms with Crippen molar-refractivity contribution in [2.75, 3.05) is 6.61 Å². The van der Waals surface area contributed by atoms with Gasteiger partial charge in [-0.05, 0) is 65.3 Å². The van der Waals surface area contributed by atoms with Gasteiger partial charge in [0.05, 0.1) is 11.1 Å². The van der Waals surface area contributed by atoms with Gasteiger partial charge in [-0.2, -0.15) is 0 Å². The van der Waals surface area contributed by atoms with Crippen molar-refractivity contribution in [1.82, 2.24) is 10.6 Å². The summed E-state index contributed by atoms with van der Waals surface area (Å²) in [4.78, 5) is 12.3. The summed E-state index contributed by atoms with van der Waals surface area (Å²) in [6.45, 7) is 5.28. The fourth-order valence-corrected chi connectivity index (χ4v) is 2.74. The van der Waals surface area contributed by atoms with Crippen molar-refractivity contribution >= 4 is 39.2 Å². The first-order valence-corrected chi connectivity index (χ1v) is 9.26. The van der Waals surface area contributed by atoms with Crippen LogP contribution in [0.4, 0.5) is 0 Å². The second kappa shape index (κ2) is 9.53. The minimum Gasteiger partial charge on any atom is -0.492 e. The molecule has 0 spiro atoms. The number of carbonyl (C=O) groups is 1. The van der Waals surface area contributed by atoms with Crippen molar-refractivity contribution in [2.45, 2.75) is 26.8 Å². The third-order valence-corrected chi connectivity index (χ3v) is 4.32. The number of hydrogen-bond acceptors (Lipinski definition) is 3. The molecule has 0 unspecified atom stereocenters. The molecular weight excluding hydrogens is 400 g/mol. The molecule has 0 saturated carbocycles. The average Bonchev–Trinajstić information content (AvgIpc) is 2.60. The van der Waals surface area contributed by atoms with Crippen LogP contribution in [0.1, 0.15) is 34.8 Å². The number of hydrogen-bond donors (Lipinski definition) is 2. The normalized spacial score (nSPS) is 10.2. The summed E-state index contributed by atoms with van der Waals surface area (Å²) < 4.78 is 6.32. The molecule has 0 aliphatic rings. The summed E-state index contributed by atoms with van der Waals surface area (Å²) in [5.41, 5.74) is 2.81. The molecule has 0 radical (unpaired) electrons. The maximum atomic E-state index is 12.3. The predicted molar refractivity (Wildman–Crippen MR) is 108 cm³/mol. The molecule has 4 nitrogen and oxygen atoms in total. The highest BCUT2D eigenvalue weighted by molar-refractivity contribution is 9.10. The van der Waals surface area contributed by atoms with Gasteiger partial charge in [-0.25, -0.2) is 0 Å². The standard InChI is InChI=1S/C19H21BrN2O2S/c1-3-10-24-17-9-8-15(11-16(17)20)18(23)22-19(25)21-12-14-6-4-13(2)5-7-14/h4-9,11H,3,10,12H2,1-2H3,(H2,21,22,23,25). The lowest BCUT2D eigenvalue weighted by Crippen LogP contribution is -2.38. The zero-order valence-corrected chi connectivity index (χ0v) is 16.7. The Balaban J connectivity index is 1.89. The van der Waals surface area contributed by atoms with Gasteiger partial charge in [-0.3, -0.25) is 10.1 Å². The minimum absolute atomic E-state index is 0.260. The van der Waals surface area contributed by atoms with Gasteiger partial charge in [0.25, 0.3) is 5.91 Å². The Morgan fingerprint density at radius 2 is 1.92 bits per heavy atom. The molecule has 0 heterocycles. The molecule has 0 atom stereocenters. The fraction of sp³-hybridized carbons (Fsp3) is 0.263. The molecule has 2 aromatic carbocycles. The van der Waals surface area contributed by atoms with E-state index >= 15 is 0 Å². The lowest BCUT2D eigenvalue weighted by molar-refractivity contribution is 0.0976. The van der Waals surface area contributed by atoms with Gasteiger partial charge >= 0.3 is 0 Å². The second-order valence-electron chi connectivity index (χ2n) is 5.62. The first kappa shape index (κ1) is 19.4. The molecule has 2 rings (SSSR count). The first-order chi connectivity index (χ1) is 12.0. The number of amides is 1. The van der Waals surface area contributed by atoms with Crippen LogP contribution in [0.2, 0.25) is 0 Å². The molecule has 0 fully saturated rings. The van der Waals surface area contributed by atoms with E-state index in [0.717, 1.165) is 22.2 Å². The number of nitrogens with one attached hydrogen (secondary N) is 2. The summed E-state index contributed by atoms with van der Waals surface area (Å²) >= 11 is 8.62. The van der Waals surface area contributed by atoms with E-state index < -0.39 is 0 Å². The van der Waals surface area contributed by atoms with E-state index in [0.29, 0.717) is 23.8 Å². The van der Waals surface area contributed by atoms with Gasteiger partial charge in [0.2, 0.25) is 0 Å². The van der Waals surface area contributed by atoms with Gasteiger partial charge in [0.15, 0.2) is 5.11 Å². The lowest BCUT2D eigenvalue weighted by atomic mass is 10.1. The van der Waals surface area contributed by atoms with Gasteiger partial charge in [0.1, 0.15) is 5.75 Å². The Bertz CT molecular complexity index is 748. The summed E-state index contributed by atoms with van der Waals surface area (Å²) in [7, 11) is 0. The molecular formula is C19H21BrN2O2S. The Kier molecular flexibility index (Phi) is 7.40. The van der Waals surface area contributed by atoms with Crippen LogP contribution in [0.5, 0.6) is 5.75 Å². The summed E-state index contributed by atoms with van der Waals surface area (Å²) in [6, 6.07) is 13.3. The van der Waals surface area contributed by atoms with E-state index in [1.807, 2.05) is 38.1 Å².